The zero-order valence-corrected chi connectivity index (χ0v) is 25.3. The van der Waals surface area contributed by atoms with E-state index in [1.54, 1.807) is 60.5 Å². The Morgan fingerprint density at radius 2 is 1.51 bits per heavy atom. The number of para-hydroxylation sites is 1. The molecule has 1 atom stereocenters. The number of hydrogen-bond donors (Lipinski definition) is 2. The van der Waals surface area contributed by atoms with Crippen LogP contribution in [-0.2, 0) is 16.8 Å². The molecule has 1 heterocycles. The Bertz CT molecular complexity index is 1660. The Kier molecular flexibility index (Phi) is 9.94. The third-order valence-corrected chi connectivity index (χ3v) is 7.82. The second kappa shape index (κ2) is 14.4. The average molecular weight is 604 g/mol. The van der Waals surface area contributed by atoms with E-state index >= 15 is 0 Å². The summed E-state index contributed by atoms with van der Waals surface area (Å²) in [4.78, 5) is 42.6. The third kappa shape index (κ3) is 6.91. The first-order chi connectivity index (χ1) is 22.0. The van der Waals surface area contributed by atoms with Crippen molar-refractivity contribution in [3.05, 3.63) is 138 Å². The lowest BCUT2D eigenvalue weighted by Crippen LogP contribution is -2.59. The highest BCUT2D eigenvalue weighted by Gasteiger charge is 2.52. The Labute approximate surface area is 263 Å². The first kappa shape index (κ1) is 31.1. The predicted octanol–water partition coefficient (Wildman–Crippen LogP) is 5.68. The van der Waals surface area contributed by atoms with Crippen molar-refractivity contribution in [2.24, 2.45) is 0 Å². The normalized spacial score (nSPS) is 15.2. The molecule has 0 bridgehead atoms. The predicted molar refractivity (Wildman–Crippen MR) is 175 cm³/mol. The fourth-order valence-corrected chi connectivity index (χ4v) is 5.52. The number of benzene rings is 4. The van der Waals surface area contributed by atoms with Crippen molar-refractivity contribution in [2.45, 2.75) is 24.8 Å². The maximum absolute atomic E-state index is 14.4. The van der Waals surface area contributed by atoms with Gasteiger partial charge in [-0.2, -0.15) is 0 Å². The molecule has 0 saturated carbocycles. The van der Waals surface area contributed by atoms with Gasteiger partial charge in [-0.05, 0) is 67.3 Å². The molecular formula is C37H37N3O5. The number of allylic oxidation sites excluding steroid dienone is 1. The molecule has 0 aliphatic carbocycles. The van der Waals surface area contributed by atoms with Crippen molar-refractivity contribution in [1.29, 1.82) is 0 Å². The summed E-state index contributed by atoms with van der Waals surface area (Å²) < 4.78 is 11.5. The van der Waals surface area contributed by atoms with E-state index in [4.69, 9.17) is 9.47 Å². The quantitative estimate of drug-likeness (QED) is 0.143. The van der Waals surface area contributed by atoms with Gasteiger partial charge in [0.15, 0.2) is 17.0 Å². The molecule has 0 radical (unpaired) electrons. The van der Waals surface area contributed by atoms with Crippen LogP contribution in [0.4, 0.5) is 5.69 Å². The highest BCUT2D eigenvalue weighted by Crippen LogP contribution is 2.40. The van der Waals surface area contributed by atoms with Gasteiger partial charge in [0.2, 0.25) is 0 Å². The number of amides is 3. The summed E-state index contributed by atoms with van der Waals surface area (Å²) in [7, 11) is 1.61. The summed E-state index contributed by atoms with van der Waals surface area (Å²) in [6.07, 6.45) is 3.91. The fraction of sp³-hybridized carbons (Fsp3) is 0.216. The van der Waals surface area contributed by atoms with Crippen molar-refractivity contribution < 1.29 is 23.9 Å². The van der Waals surface area contributed by atoms with Gasteiger partial charge in [0.25, 0.3) is 17.7 Å². The number of carbonyl (C=O) groups is 3. The summed E-state index contributed by atoms with van der Waals surface area (Å²) in [6.45, 7) is 4.51. The van der Waals surface area contributed by atoms with E-state index in [1.807, 2.05) is 60.7 Å². The van der Waals surface area contributed by atoms with E-state index in [-0.39, 0.29) is 18.4 Å². The minimum absolute atomic E-state index is 0.115. The van der Waals surface area contributed by atoms with Crippen molar-refractivity contribution >= 4 is 23.4 Å². The van der Waals surface area contributed by atoms with Crippen LogP contribution in [0.3, 0.4) is 0 Å². The maximum atomic E-state index is 14.4. The van der Waals surface area contributed by atoms with Crippen LogP contribution in [0.5, 0.6) is 11.5 Å². The van der Waals surface area contributed by atoms with Gasteiger partial charge >= 0.3 is 0 Å². The topological polar surface area (TPSA) is 97.0 Å². The number of fused-ring (bicyclic) bond motifs is 1. The summed E-state index contributed by atoms with van der Waals surface area (Å²) in [5.74, 6) is 0.273. The minimum Gasteiger partial charge on any atom is -0.493 e. The van der Waals surface area contributed by atoms with Crippen LogP contribution in [-0.4, -0.2) is 44.5 Å². The maximum Gasteiger partial charge on any atom is 0.259 e. The number of nitrogens with one attached hydrogen (secondary N) is 2. The molecule has 2 N–H and O–H groups in total. The molecule has 1 aliphatic rings. The first-order valence-electron chi connectivity index (χ1n) is 15.0. The smallest absolute Gasteiger partial charge is 0.259 e. The third-order valence-electron chi connectivity index (χ3n) is 7.82. The number of unbranched alkanes of at least 4 members (excludes halogenated alkanes) is 1. The lowest BCUT2D eigenvalue weighted by atomic mass is 9.90. The number of ether oxygens (including phenoxy) is 2. The van der Waals surface area contributed by atoms with Gasteiger partial charge in [-0.25, -0.2) is 0 Å². The van der Waals surface area contributed by atoms with Gasteiger partial charge < -0.3 is 25.0 Å². The van der Waals surface area contributed by atoms with E-state index in [0.29, 0.717) is 59.9 Å². The molecule has 0 saturated heterocycles. The number of hydrogen-bond acceptors (Lipinski definition) is 5. The number of nitrogens with zero attached hydrogens (tertiary/aromatic N) is 1. The second-order valence-electron chi connectivity index (χ2n) is 10.8. The van der Waals surface area contributed by atoms with Crippen molar-refractivity contribution in [3.8, 4) is 11.5 Å². The summed E-state index contributed by atoms with van der Waals surface area (Å²) in [5.41, 5.74) is 1.80. The molecule has 4 aromatic carbocycles. The minimum atomic E-state index is -1.50. The second-order valence-corrected chi connectivity index (χ2v) is 10.8. The van der Waals surface area contributed by atoms with Crippen molar-refractivity contribution in [1.82, 2.24) is 10.6 Å². The largest absolute Gasteiger partial charge is 0.493 e. The van der Waals surface area contributed by atoms with E-state index in [9.17, 15) is 14.4 Å². The van der Waals surface area contributed by atoms with Crippen molar-refractivity contribution in [2.75, 3.05) is 31.7 Å². The molecule has 230 valence electrons. The van der Waals surface area contributed by atoms with Crippen molar-refractivity contribution in [3.63, 3.8) is 0 Å². The molecule has 45 heavy (non-hydrogen) atoms. The monoisotopic (exact) mass is 603 g/mol. The van der Waals surface area contributed by atoms with Crippen LogP contribution < -0.4 is 25.0 Å². The zero-order valence-electron chi connectivity index (χ0n) is 25.3. The SMILES string of the molecule is C=CCc1ccc(OCCCCN2C(=O)C(CNC(=O)c3ccccc3)(NC(=O)c3ccccc3)c3ccccc32)c(OC)c1. The Morgan fingerprint density at radius 3 is 2.20 bits per heavy atom. The molecule has 0 spiro atoms. The van der Waals surface area contributed by atoms with Gasteiger partial charge in [-0.3, -0.25) is 14.4 Å². The van der Waals surface area contributed by atoms with Gasteiger partial charge in [-0.15, -0.1) is 6.58 Å². The van der Waals surface area contributed by atoms with Crippen LogP contribution in [0, 0.1) is 0 Å². The fourth-order valence-electron chi connectivity index (χ4n) is 5.52. The number of methoxy groups -OCH3 is 1. The van der Waals surface area contributed by atoms with E-state index < -0.39 is 11.4 Å². The van der Waals surface area contributed by atoms with Gasteiger partial charge in [0.05, 0.1) is 20.3 Å². The van der Waals surface area contributed by atoms with Crippen LogP contribution in [0.1, 0.15) is 44.7 Å². The molecule has 1 unspecified atom stereocenters. The molecule has 1 aliphatic heterocycles. The van der Waals surface area contributed by atoms with E-state index in [0.717, 1.165) is 12.0 Å². The lowest BCUT2D eigenvalue weighted by Gasteiger charge is -2.30. The zero-order chi connectivity index (χ0) is 31.6. The molecule has 8 heteroatoms. The van der Waals surface area contributed by atoms with Crippen LogP contribution >= 0.6 is 0 Å². The molecular weight excluding hydrogens is 566 g/mol. The molecule has 4 aromatic rings. The van der Waals surface area contributed by atoms with Gasteiger partial charge in [0, 0.05) is 28.9 Å². The van der Waals surface area contributed by atoms with E-state index in [2.05, 4.69) is 17.2 Å². The lowest BCUT2D eigenvalue weighted by molar-refractivity contribution is -0.123. The van der Waals surface area contributed by atoms with Crippen LogP contribution in [0.25, 0.3) is 0 Å². The first-order valence-corrected chi connectivity index (χ1v) is 15.0. The van der Waals surface area contributed by atoms with Gasteiger partial charge in [-0.1, -0.05) is 66.7 Å². The molecule has 8 nitrogen and oxygen atoms in total. The molecule has 3 amide bonds. The summed E-state index contributed by atoms with van der Waals surface area (Å²) in [6, 6.07) is 30.7. The average Bonchev–Trinajstić information content (AvgIpc) is 3.31. The standard InChI is InChI=1S/C37H37N3O5/c1-3-14-27-21-22-32(33(25-27)44-2)45-24-13-12-23-40-31-20-11-10-19-30(31)37(36(40)43,39-35(42)29-17-8-5-9-18-29)26-38-34(41)28-15-6-4-7-16-28/h3-11,15-22,25H,1,12-14,23-24,26H2,2H3,(H,38,41)(H,39,42). The Morgan fingerprint density at radius 1 is 0.844 bits per heavy atom. The molecule has 0 fully saturated rings. The van der Waals surface area contributed by atoms with Gasteiger partial charge in [0.1, 0.15) is 0 Å². The number of anilines is 1. The highest BCUT2D eigenvalue weighted by molar-refractivity contribution is 6.11. The molecule has 0 aromatic heterocycles. The summed E-state index contributed by atoms with van der Waals surface area (Å²) >= 11 is 0. The summed E-state index contributed by atoms with van der Waals surface area (Å²) in [5, 5.41) is 5.92. The Balaban J connectivity index is 1.32. The number of rotatable bonds is 14. The Hall–Kier alpha value is -5.37. The highest BCUT2D eigenvalue weighted by atomic mass is 16.5. The molecule has 5 rings (SSSR count). The van der Waals surface area contributed by atoms with Crippen LogP contribution in [0.2, 0.25) is 0 Å². The van der Waals surface area contributed by atoms with Crippen LogP contribution in [0.15, 0.2) is 116 Å². The van der Waals surface area contributed by atoms with E-state index in [1.165, 1.54) is 0 Å². The number of carbonyl (C=O) groups excluding carboxylic acids is 3.